The number of halogens is 1. The smallest absolute Gasteiger partial charge is 0.328 e. The predicted molar refractivity (Wildman–Crippen MR) is 135 cm³/mol. The van der Waals surface area contributed by atoms with E-state index in [0.29, 0.717) is 24.1 Å². The molecule has 2 aromatic carbocycles. The molecule has 1 aliphatic heterocycles. The van der Waals surface area contributed by atoms with E-state index in [1.54, 1.807) is 13.2 Å². The number of hydrogen-bond donors (Lipinski definition) is 2. The maximum Gasteiger partial charge on any atom is 0.328 e. The number of nitrogens with zero attached hydrogens (tertiary/aromatic N) is 3. The Morgan fingerprint density at radius 1 is 0.941 bits per heavy atom. The molecule has 0 atom stereocenters. The predicted octanol–water partition coefficient (Wildman–Crippen LogP) is 3.17. The molecule has 1 aliphatic rings. The highest BCUT2D eigenvalue weighted by atomic mass is 35.5. The molecule has 8 nitrogen and oxygen atoms in total. The van der Waals surface area contributed by atoms with Gasteiger partial charge in [-0.3, -0.25) is 14.3 Å². The normalized spacial score (nSPS) is 14.6. The minimum atomic E-state index is -0.396. The first-order valence-corrected chi connectivity index (χ1v) is 11.6. The van der Waals surface area contributed by atoms with Crippen molar-refractivity contribution in [1.29, 1.82) is 0 Å². The second-order valence-electron chi connectivity index (χ2n) is 8.37. The molecule has 3 heterocycles. The Balaban J connectivity index is 1.29. The maximum absolute atomic E-state index is 13.1. The Morgan fingerprint density at radius 2 is 1.68 bits per heavy atom. The van der Waals surface area contributed by atoms with Crippen LogP contribution in [-0.4, -0.2) is 59.3 Å². The van der Waals surface area contributed by atoms with Crippen LogP contribution in [-0.2, 0) is 6.54 Å². The molecule has 1 saturated heterocycles. The molecule has 2 aromatic heterocycles. The Labute approximate surface area is 201 Å². The fraction of sp³-hybridized carbons (Fsp3) is 0.280. The summed E-state index contributed by atoms with van der Waals surface area (Å²) < 4.78 is 6.48. The third-order valence-electron chi connectivity index (χ3n) is 6.37. The van der Waals surface area contributed by atoms with Crippen LogP contribution in [0, 0.1) is 0 Å². The minimum absolute atomic E-state index is 0.312. The lowest BCUT2D eigenvalue weighted by atomic mass is 10.1. The molecular formula is C25H26ClN5O3. The highest BCUT2D eigenvalue weighted by molar-refractivity contribution is 6.33. The summed E-state index contributed by atoms with van der Waals surface area (Å²) in [5.41, 5.74) is 2.90. The van der Waals surface area contributed by atoms with Gasteiger partial charge in [-0.05, 0) is 48.0 Å². The summed E-state index contributed by atoms with van der Waals surface area (Å²) in [4.78, 5) is 36.3. The van der Waals surface area contributed by atoms with Crippen molar-refractivity contribution in [3.05, 3.63) is 80.5 Å². The van der Waals surface area contributed by atoms with Gasteiger partial charge in [0.15, 0.2) is 0 Å². The van der Waals surface area contributed by atoms with Crippen molar-refractivity contribution < 1.29 is 4.74 Å². The zero-order valence-corrected chi connectivity index (χ0v) is 19.6. The topological polar surface area (TPSA) is 86.4 Å². The van der Waals surface area contributed by atoms with Crippen LogP contribution < -0.4 is 20.9 Å². The molecule has 5 rings (SSSR count). The van der Waals surface area contributed by atoms with E-state index in [9.17, 15) is 9.59 Å². The van der Waals surface area contributed by atoms with Crippen molar-refractivity contribution in [2.75, 3.05) is 44.7 Å². The number of aromatic nitrogens is 3. The van der Waals surface area contributed by atoms with Crippen molar-refractivity contribution >= 4 is 28.3 Å². The largest absolute Gasteiger partial charge is 0.497 e. The van der Waals surface area contributed by atoms with E-state index < -0.39 is 5.69 Å². The van der Waals surface area contributed by atoms with Crippen LogP contribution in [0.15, 0.2) is 64.2 Å². The van der Waals surface area contributed by atoms with Crippen molar-refractivity contribution in [3.63, 3.8) is 0 Å². The number of ether oxygens (including phenoxy) is 1. The highest BCUT2D eigenvalue weighted by Gasteiger charge is 2.19. The number of piperazine rings is 1. The van der Waals surface area contributed by atoms with Crippen LogP contribution >= 0.6 is 11.6 Å². The molecule has 0 radical (unpaired) electrons. The molecule has 0 aliphatic carbocycles. The van der Waals surface area contributed by atoms with Crippen LogP contribution in [0.4, 0.5) is 5.69 Å². The highest BCUT2D eigenvalue weighted by Crippen LogP contribution is 2.26. The summed E-state index contributed by atoms with van der Waals surface area (Å²) in [5.74, 6) is 0.753. The fourth-order valence-corrected chi connectivity index (χ4v) is 4.68. The molecule has 2 N–H and O–H groups in total. The first-order chi connectivity index (χ1) is 16.5. The number of para-hydroxylation sites is 1. The molecule has 4 aromatic rings. The van der Waals surface area contributed by atoms with E-state index in [4.69, 9.17) is 16.3 Å². The fourth-order valence-electron chi connectivity index (χ4n) is 4.42. The zero-order chi connectivity index (χ0) is 23.7. The van der Waals surface area contributed by atoms with Crippen LogP contribution in [0.3, 0.4) is 0 Å². The van der Waals surface area contributed by atoms with E-state index in [-0.39, 0.29) is 5.56 Å². The number of fused-ring (bicyclic) bond motifs is 1. The maximum atomic E-state index is 13.1. The van der Waals surface area contributed by atoms with Crippen LogP contribution in [0.2, 0.25) is 5.02 Å². The van der Waals surface area contributed by atoms with Gasteiger partial charge in [-0.1, -0.05) is 23.7 Å². The molecule has 0 spiro atoms. The molecule has 176 valence electrons. The summed E-state index contributed by atoms with van der Waals surface area (Å²) in [6.45, 7) is 4.31. The molecule has 0 bridgehead atoms. The van der Waals surface area contributed by atoms with Gasteiger partial charge in [0.25, 0.3) is 5.56 Å². The molecular weight excluding hydrogens is 454 g/mol. The Morgan fingerprint density at radius 3 is 2.38 bits per heavy atom. The summed E-state index contributed by atoms with van der Waals surface area (Å²) >= 11 is 6.33. The average molecular weight is 480 g/mol. The van der Waals surface area contributed by atoms with Crippen molar-refractivity contribution in [3.8, 4) is 17.0 Å². The SMILES string of the molecule is COc1ccc(-c2cc3[nH]c(=O)n(CCN4CCN(c5ccccc5Cl)CC4)c(=O)c3[nH]2)cc1. The molecule has 1 fully saturated rings. The van der Waals surface area contributed by atoms with E-state index in [0.717, 1.165) is 53.9 Å². The first-order valence-electron chi connectivity index (χ1n) is 11.3. The van der Waals surface area contributed by atoms with Crippen LogP contribution in [0.5, 0.6) is 5.75 Å². The molecule has 0 amide bonds. The Kier molecular flexibility index (Phi) is 6.17. The first kappa shape index (κ1) is 22.3. The monoisotopic (exact) mass is 479 g/mol. The number of H-pyrrole nitrogens is 2. The van der Waals surface area contributed by atoms with Gasteiger partial charge in [0.05, 0.1) is 23.3 Å². The van der Waals surface area contributed by atoms with Crippen molar-refractivity contribution in [1.82, 2.24) is 19.4 Å². The Hall–Kier alpha value is -3.49. The minimum Gasteiger partial charge on any atom is -0.497 e. The molecule has 34 heavy (non-hydrogen) atoms. The summed E-state index contributed by atoms with van der Waals surface area (Å²) in [6.07, 6.45) is 0. The Bertz CT molecular complexity index is 1420. The molecule has 0 saturated carbocycles. The van der Waals surface area contributed by atoms with Crippen molar-refractivity contribution in [2.45, 2.75) is 6.54 Å². The molecule has 0 unspecified atom stereocenters. The van der Waals surface area contributed by atoms with Crippen LogP contribution in [0.25, 0.3) is 22.3 Å². The number of rotatable bonds is 6. The average Bonchev–Trinajstić information content (AvgIpc) is 3.29. The third-order valence-corrected chi connectivity index (χ3v) is 6.69. The van der Waals surface area contributed by atoms with Gasteiger partial charge < -0.3 is 19.6 Å². The van der Waals surface area contributed by atoms with Crippen LogP contribution in [0.1, 0.15) is 0 Å². The second kappa shape index (κ2) is 9.40. The zero-order valence-electron chi connectivity index (χ0n) is 18.9. The third kappa shape index (κ3) is 4.34. The van der Waals surface area contributed by atoms with Gasteiger partial charge >= 0.3 is 5.69 Å². The summed E-state index contributed by atoms with van der Waals surface area (Å²) in [7, 11) is 1.62. The van der Waals surface area contributed by atoms with Gasteiger partial charge in [-0.25, -0.2) is 4.79 Å². The number of nitrogens with one attached hydrogen (secondary N) is 2. The van der Waals surface area contributed by atoms with Gasteiger partial charge in [-0.2, -0.15) is 0 Å². The lowest BCUT2D eigenvalue weighted by molar-refractivity contribution is 0.246. The van der Waals surface area contributed by atoms with E-state index in [2.05, 4.69) is 19.8 Å². The van der Waals surface area contributed by atoms with E-state index in [1.165, 1.54) is 4.57 Å². The number of aromatic amines is 2. The quantitative estimate of drug-likeness (QED) is 0.443. The molecule has 9 heteroatoms. The number of benzene rings is 2. The standard InChI is InChI=1S/C25H26ClN5O3/c1-34-18-8-6-17(7-9-18)20-16-21-23(27-20)24(32)31(25(33)28-21)15-12-29-10-13-30(14-11-29)22-5-3-2-4-19(22)26/h2-9,16,27H,10-15H2,1H3,(H,28,33). The lowest BCUT2D eigenvalue weighted by Gasteiger charge is -2.36. The van der Waals surface area contributed by atoms with E-state index >= 15 is 0 Å². The van der Waals surface area contributed by atoms with E-state index in [1.807, 2.05) is 48.5 Å². The number of hydrogen-bond acceptors (Lipinski definition) is 5. The van der Waals surface area contributed by atoms with Gasteiger partial charge in [0, 0.05) is 45.0 Å². The lowest BCUT2D eigenvalue weighted by Crippen LogP contribution is -2.48. The number of anilines is 1. The van der Waals surface area contributed by atoms with Crippen molar-refractivity contribution in [2.24, 2.45) is 0 Å². The van der Waals surface area contributed by atoms with Gasteiger partial charge in [0.1, 0.15) is 11.3 Å². The summed E-state index contributed by atoms with van der Waals surface area (Å²) in [6, 6.07) is 17.2. The number of methoxy groups -OCH3 is 1. The van der Waals surface area contributed by atoms with Gasteiger partial charge in [0.2, 0.25) is 0 Å². The second-order valence-corrected chi connectivity index (χ2v) is 8.77. The van der Waals surface area contributed by atoms with Gasteiger partial charge in [-0.15, -0.1) is 0 Å². The summed E-state index contributed by atoms with van der Waals surface area (Å²) in [5, 5.41) is 0.752.